The fourth-order valence-corrected chi connectivity index (χ4v) is 3.42. The Morgan fingerprint density at radius 2 is 1.44 bits per heavy atom. The highest BCUT2D eigenvalue weighted by molar-refractivity contribution is 5.78. The molecule has 4 nitrogen and oxygen atoms in total. The van der Waals surface area contributed by atoms with E-state index in [1.165, 1.54) is 36.7 Å². The Morgan fingerprint density at radius 1 is 0.861 bits per heavy atom. The first kappa shape index (κ1) is 27.1. The number of nitrogens with one attached hydrogen (secondary N) is 1. The molecule has 1 N–H and O–H groups in total. The van der Waals surface area contributed by atoms with Crippen LogP contribution in [0.5, 0.6) is 0 Å². The van der Waals surface area contributed by atoms with Gasteiger partial charge in [0.05, 0.1) is 30.8 Å². The molecule has 11 heteroatoms. The summed E-state index contributed by atoms with van der Waals surface area (Å²) in [5.41, 5.74) is -1.89. The minimum Gasteiger partial charge on any atom is -0.376 e. The summed E-state index contributed by atoms with van der Waals surface area (Å²) in [7, 11) is 0. The number of alkyl halides is 6. The van der Waals surface area contributed by atoms with Gasteiger partial charge in [-0.25, -0.2) is 4.39 Å². The van der Waals surface area contributed by atoms with Crippen molar-refractivity contribution >= 4 is 5.91 Å². The first-order valence-corrected chi connectivity index (χ1v) is 10.7. The number of rotatable bonds is 9. The number of aromatic nitrogens is 1. The zero-order valence-electron chi connectivity index (χ0n) is 18.7. The number of pyridine rings is 1. The summed E-state index contributed by atoms with van der Waals surface area (Å²) in [5.74, 6) is -1.36. The highest BCUT2D eigenvalue weighted by Crippen LogP contribution is 2.36. The van der Waals surface area contributed by atoms with Gasteiger partial charge >= 0.3 is 12.4 Å². The minimum atomic E-state index is -4.97. The average molecular weight is 514 g/mol. The van der Waals surface area contributed by atoms with Gasteiger partial charge in [0, 0.05) is 24.9 Å². The van der Waals surface area contributed by atoms with Crippen LogP contribution in [0.15, 0.2) is 67.0 Å². The van der Waals surface area contributed by atoms with Gasteiger partial charge < -0.3 is 10.1 Å². The van der Waals surface area contributed by atoms with Gasteiger partial charge in [0.2, 0.25) is 5.91 Å². The number of hydrogen-bond donors (Lipinski definition) is 1. The van der Waals surface area contributed by atoms with Crippen LogP contribution in [0, 0.1) is 5.82 Å². The van der Waals surface area contributed by atoms with E-state index in [1.54, 1.807) is 12.1 Å². The summed E-state index contributed by atoms with van der Waals surface area (Å²) >= 11 is 0. The van der Waals surface area contributed by atoms with Crippen LogP contribution in [0.3, 0.4) is 0 Å². The predicted octanol–water partition coefficient (Wildman–Crippen LogP) is 5.92. The smallest absolute Gasteiger partial charge is 0.376 e. The lowest BCUT2D eigenvalue weighted by Gasteiger charge is -2.19. The molecular formula is C25H21F7N2O2. The Kier molecular flexibility index (Phi) is 8.67. The molecule has 1 amide bonds. The van der Waals surface area contributed by atoms with Crippen LogP contribution in [-0.2, 0) is 34.9 Å². The maximum absolute atomic E-state index is 13.4. The van der Waals surface area contributed by atoms with Crippen molar-refractivity contribution in [1.82, 2.24) is 10.3 Å². The highest BCUT2D eigenvalue weighted by atomic mass is 19.4. The van der Waals surface area contributed by atoms with E-state index in [2.05, 4.69) is 10.3 Å². The molecule has 1 heterocycles. The van der Waals surface area contributed by atoms with Gasteiger partial charge in [-0.2, -0.15) is 26.3 Å². The minimum absolute atomic E-state index is 0.0448. The quantitative estimate of drug-likeness (QED) is 0.361. The molecular weight excluding hydrogens is 493 g/mol. The molecule has 3 aromatic rings. The van der Waals surface area contributed by atoms with Crippen molar-refractivity contribution in [3.05, 3.63) is 101 Å². The fraction of sp³-hybridized carbons (Fsp3) is 0.280. The van der Waals surface area contributed by atoms with Crippen molar-refractivity contribution in [3.63, 3.8) is 0 Å². The van der Waals surface area contributed by atoms with Crippen LogP contribution in [0.2, 0.25) is 0 Å². The normalized spacial score (nSPS) is 12.9. The number of benzene rings is 2. The van der Waals surface area contributed by atoms with E-state index < -0.39 is 41.8 Å². The second kappa shape index (κ2) is 11.5. The van der Waals surface area contributed by atoms with Gasteiger partial charge in [0.1, 0.15) is 5.82 Å². The molecule has 1 atom stereocenters. The molecule has 3 rings (SSSR count). The molecule has 0 fully saturated rings. The van der Waals surface area contributed by atoms with E-state index in [-0.39, 0.29) is 37.1 Å². The first-order chi connectivity index (χ1) is 16.9. The van der Waals surface area contributed by atoms with Gasteiger partial charge in [0.25, 0.3) is 0 Å². The van der Waals surface area contributed by atoms with Gasteiger partial charge in [-0.15, -0.1) is 0 Å². The summed E-state index contributed by atoms with van der Waals surface area (Å²) in [4.78, 5) is 16.2. The Bertz CT molecular complexity index is 1120. The van der Waals surface area contributed by atoms with Crippen molar-refractivity contribution < 1.29 is 40.3 Å². The molecule has 1 aromatic heterocycles. The molecule has 0 bridgehead atoms. The first-order valence-electron chi connectivity index (χ1n) is 10.7. The summed E-state index contributed by atoms with van der Waals surface area (Å²) < 4.78 is 97.4. The average Bonchev–Trinajstić information content (AvgIpc) is 2.81. The number of halogens is 7. The third-order valence-corrected chi connectivity index (χ3v) is 5.24. The Hall–Kier alpha value is -3.47. The van der Waals surface area contributed by atoms with E-state index in [1.807, 2.05) is 0 Å². The number of ether oxygens (including phenoxy) is 1. The monoisotopic (exact) mass is 514 g/mol. The van der Waals surface area contributed by atoms with Gasteiger partial charge in [0.15, 0.2) is 0 Å². The fourth-order valence-electron chi connectivity index (χ4n) is 3.42. The molecule has 0 aliphatic heterocycles. The number of carbonyl (C=O) groups is 1. The molecule has 0 aliphatic carbocycles. The van der Waals surface area contributed by atoms with Crippen molar-refractivity contribution in [2.75, 3.05) is 13.2 Å². The zero-order valence-corrected chi connectivity index (χ0v) is 18.7. The largest absolute Gasteiger partial charge is 0.416 e. The standard InChI is InChI=1S/C25H21F7N2O2/c26-22-3-1-18(2-4-22)19(13-34-23(35)11-16-5-7-33-8-6-16)15-36-14-17-9-20(24(27,28)29)12-21(10-17)25(30,31)32/h1-10,12,19H,11,13-15H2,(H,34,35). The van der Waals surface area contributed by atoms with E-state index in [0.717, 1.165) is 5.56 Å². The second-order valence-corrected chi connectivity index (χ2v) is 8.01. The Morgan fingerprint density at radius 3 is 2.00 bits per heavy atom. The van der Waals surface area contributed by atoms with Crippen LogP contribution < -0.4 is 5.32 Å². The number of nitrogens with zero attached hydrogens (tertiary/aromatic N) is 1. The van der Waals surface area contributed by atoms with E-state index in [4.69, 9.17) is 4.74 Å². The van der Waals surface area contributed by atoms with Crippen LogP contribution in [0.25, 0.3) is 0 Å². The maximum atomic E-state index is 13.4. The lowest BCUT2D eigenvalue weighted by atomic mass is 9.99. The van der Waals surface area contributed by atoms with Crippen LogP contribution in [-0.4, -0.2) is 24.0 Å². The Labute approximate surface area is 202 Å². The van der Waals surface area contributed by atoms with E-state index >= 15 is 0 Å². The third-order valence-electron chi connectivity index (χ3n) is 5.24. The van der Waals surface area contributed by atoms with E-state index in [0.29, 0.717) is 17.7 Å². The molecule has 0 radical (unpaired) electrons. The van der Waals surface area contributed by atoms with Gasteiger partial charge in [-0.1, -0.05) is 12.1 Å². The van der Waals surface area contributed by atoms with Crippen molar-refractivity contribution in [2.45, 2.75) is 31.3 Å². The summed E-state index contributed by atoms with van der Waals surface area (Å²) in [5, 5.41) is 2.72. The third kappa shape index (κ3) is 8.04. The van der Waals surface area contributed by atoms with Gasteiger partial charge in [-0.05, 0) is 59.2 Å². The molecule has 0 saturated carbocycles. The van der Waals surface area contributed by atoms with Crippen LogP contribution in [0.4, 0.5) is 30.7 Å². The van der Waals surface area contributed by atoms with Crippen molar-refractivity contribution in [2.24, 2.45) is 0 Å². The molecule has 36 heavy (non-hydrogen) atoms. The summed E-state index contributed by atoms with van der Waals surface area (Å²) in [6.45, 7) is -0.639. The molecule has 0 spiro atoms. The molecule has 0 aliphatic rings. The predicted molar refractivity (Wildman–Crippen MR) is 116 cm³/mol. The van der Waals surface area contributed by atoms with Crippen LogP contribution in [0.1, 0.15) is 33.7 Å². The molecule has 0 saturated heterocycles. The van der Waals surface area contributed by atoms with Crippen molar-refractivity contribution in [1.29, 1.82) is 0 Å². The summed E-state index contributed by atoms with van der Waals surface area (Å²) in [6.07, 6.45) is -6.78. The number of carbonyl (C=O) groups excluding carboxylic acids is 1. The maximum Gasteiger partial charge on any atom is 0.416 e. The molecule has 1 unspecified atom stereocenters. The SMILES string of the molecule is O=C(Cc1ccncc1)NCC(COCc1cc(C(F)(F)F)cc(C(F)(F)F)c1)c1ccc(F)cc1. The Balaban J connectivity index is 1.70. The lowest BCUT2D eigenvalue weighted by Crippen LogP contribution is -2.31. The number of hydrogen-bond acceptors (Lipinski definition) is 3. The van der Waals surface area contributed by atoms with Crippen LogP contribution >= 0.6 is 0 Å². The lowest BCUT2D eigenvalue weighted by molar-refractivity contribution is -0.143. The second-order valence-electron chi connectivity index (χ2n) is 8.01. The number of amides is 1. The van der Waals surface area contributed by atoms with E-state index in [9.17, 15) is 35.5 Å². The summed E-state index contributed by atoms with van der Waals surface area (Å²) in [6, 6.07) is 9.90. The van der Waals surface area contributed by atoms with Gasteiger partial charge in [-0.3, -0.25) is 9.78 Å². The molecule has 2 aromatic carbocycles. The highest BCUT2D eigenvalue weighted by Gasteiger charge is 2.36. The topological polar surface area (TPSA) is 51.2 Å². The zero-order chi connectivity index (χ0) is 26.3. The van der Waals surface area contributed by atoms with Crippen molar-refractivity contribution in [3.8, 4) is 0 Å². The molecule has 192 valence electrons.